The van der Waals surface area contributed by atoms with Crippen LogP contribution in [0.25, 0.3) is 10.9 Å². The molecular weight excluding hydrogens is 484 g/mol. The molecule has 1 amide bonds. The first-order chi connectivity index (χ1) is 18.0. The molecule has 0 aliphatic carbocycles. The van der Waals surface area contributed by atoms with Crippen LogP contribution in [0.3, 0.4) is 0 Å². The summed E-state index contributed by atoms with van der Waals surface area (Å²) in [6, 6.07) is 13.5. The fourth-order valence-corrected chi connectivity index (χ4v) is 5.74. The number of rotatable bonds is 13. The molecule has 0 spiro atoms. The highest BCUT2D eigenvalue weighted by Crippen LogP contribution is 2.38. The number of benzene rings is 2. The zero-order valence-corrected chi connectivity index (χ0v) is 23.0. The minimum atomic E-state index is -0.745. The molecule has 2 heterocycles. The molecule has 200 valence electrons. The van der Waals surface area contributed by atoms with Crippen LogP contribution in [0.2, 0.25) is 0 Å². The van der Waals surface area contributed by atoms with Crippen LogP contribution in [0.4, 0.5) is 5.69 Å². The van der Waals surface area contributed by atoms with Gasteiger partial charge in [0.2, 0.25) is 0 Å². The van der Waals surface area contributed by atoms with Gasteiger partial charge in [-0.15, -0.1) is 0 Å². The summed E-state index contributed by atoms with van der Waals surface area (Å²) in [5, 5.41) is 18.7. The zero-order valence-electron chi connectivity index (χ0n) is 22.2. The van der Waals surface area contributed by atoms with Gasteiger partial charge in [0.25, 0.3) is 5.91 Å². The number of ether oxygens (including phenoxy) is 1. The van der Waals surface area contributed by atoms with Crippen LogP contribution in [0.15, 0.2) is 48.7 Å². The first-order valence-electron chi connectivity index (χ1n) is 13.4. The lowest BCUT2D eigenvalue weighted by atomic mass is 10.00. The van der Waals surface area contributed by atoms with Crippen LogP contribution in [0.1, 0.15) is 41.8 Å². The fourth-order valence-electron chi connectivity index (χ4n) is 4.87. The maximum atomic E-state index is 13.6. The number of nitrogens with zero attached hydrogens (tertiary/aromatic N) is 2. The van der Waals surface area contributed by atoms with Crippen molar-refractivity contribution in [1.82, 2.24) is 15.2 Å². The fraction of sp³-hybridized carbons (Fsp3) is 0.483. The maximum absolute atomic E-state index is 13.6. The van der Waals surface area contributed by atoms with Gasteiger partial charge in [-0.05, 0) is 61.4 Å². The average Bonchev–Trinajstić information content (AvgIpc) is 3.19. The summed E-state index contributed by atoms with van der Waals surface area (Å²) in [7, 11) is 2.07. The van der Waals surface area contributed by atoms with Gasteiger partial charge >= 0.3 is 0 Å². The third-order valence-electron chi connectivity index (χ3n) is 6.84. The molecule has 8 heteroatoms. The number of aliphatic hydroxyl groups is 1. The molecular formula is C29H40N4O3S. The van der Waals surface area contributed by atoms with Crippen LogP contribution >= 0.6 is 11.9 Å². The first-order valence-corrected chi connectivity index (χ1v) is 14.3. The van der Waals surface area contributed by atoms with Crippen LogP contribution in [-0.2, 0) is 24.1 Å². The molecule has 1 aliphatic rings. The van der Waals surface area contributed by atoms with Gasteiger partial charge in [0, 0.05) is 56.2 Å². The molecule has 0 bridgehead atoms. The number of carbonyl (C=O) groups is 1. The molecule has 1 aromatic heterocycles. The van der Waals surface area contributed by atoms with E-state index in [9.17, 15) is 9.90 Å². The second-order valence-corrected chi connectivity index (χ2v) is 10.8. The lowest BCUT2D eigenvalue weighted by Crippen LogP contribution is -2.49. The van der Waals surface area contributed by atoms with E-state index in [-0.39, 0.29) is 5.91 Å². The van der Waals surface area contributed by atoms with Gasteiger partial charge < -0.3 is 29.3 Å². The molecule has 0 fully saturated rings. The third kappa shape index (κ3) is 6.87. The van der Waals surface area contributed by atoms with Crippen molar-refractivity contribution < 1.29 is 14.6 Å². The van der Waals surface area contributed by atoms with Crippen molar-refractivity contribution in [3.05, 3.63) is 65.4 Å². The number of aryl methyl sites for hydroxylation is 2. The van der Waals surface area contributed by atoms with E-state index in [0.29, 0.717) is 31.7 Å². The topological polar surface area (TPSA) is 78.8 Å². The van der Waals surface area contributed by atoms with E-state index in [0.717, 1.165) is 48.5 Å². The smallest absolute Gasteiger partial charge is 0.251 e. The van der Waals surface area contributed by atoms with E-state index in [2.05, 4.69) is 46.6 Å². The molecule has 4 rings (SSSR count). The molecule has 7 nitrogen and oxygen atoms in total. The van der Waals surface area contributed by atoms with Gasteiger partial charge in [-0.25, -0.2) is 0 Å². The van der Waals surface area contributed by atoms with E-state index in [1.807, 2.05) is 42.5 Å². The molecule has 1 aliphatic heterocycles. The zero-order chi connectivity index (χ0) is 26.2. The number of nitrogens with one attached hydrogen (secondary N) is 2. The Morgan fingerprint density at radius 3 is 2.76 bits per heavy atom. The SMILES string of the molecule is CCCOCCNC[C@@H](O)[C@H](Cc1ccccc1)NC(=O)c1cc2c3c(cn(CC)c3c1)CCSN2C. The highest BCUT2D eigenvalue weighted by molar-refractivity contribution is 8.00. The van der Waals surface area contributed by atoms with Crippen molar-refractivity contribution >= 4 is 34.4 Å². The molecule has 3 N–H and O–H groups in total. The van der Waals surface area contributed by atoms with Crippen molar-refractivity contribution in [3.8, 4) is 0 Å². The molecule has 2 aromatic carbocycles. The van der Waals surface area contributed by atoms with E-state index < -0.39 is 12.1 Å². The standard InChI is InChI=1S/C29H40N4O3S/c1-4-13-36-14-12-30-19-27(34)24(16-21-9-7-6-8-10-21)31-29(35)23-17-25-28-22(11-15-37-32(25)3)20-33(5-2)26(28)18-23/h6-10,17-18,20,24,27,30,34H,4-5,11-16,19H2,1-3H3,(H,31,35)/t24-,27+/m0/s1. The number of amides is 1. The molecule has 0 saturated heterocycles. The number of hydrogen-bond acceptors (Lipinski definition) is 6. The van der Waals surface area contributed by atoms with Gasteiger partial charge in [-0.3, -0.25) is 4.79 Å². The monoisotopic (exact) mass is 524 g/mol. The minimum absolute atomic E-state index is 0.169. The quantitative estimate of drug-likeness (QED) is 0.232. The summed E-state index contributed by atoms with van der Waals surface area (Å²) in [6.07, 6.45) is 4.03. The molecule has 3 aromatic rings. The number of hydrogen-bond donors (Lipinski definition) is 3. The van der Waals surface area contributed by atoms with Crippen molar-refractivity contribution in [3.63, 3.8) is 0 Å². The lowest BCUT2D eigenvalue weighted by Gasteiger charge is -2.25. The van der Waals surface area contributed by atoms with Crippen molar-refractivity contribution in [2.24, 2.45) is 0 Å². The Morgan fingerprint density at radius 2 is 2.00 bits per heavy atom. The Kier molecular flexibility index (Phi) is 9.91. The van der Waals surface area contributed by atoms with Gasteiger partial charge in [-0.1, -0.05) is 37.3 Å². The van der Waals surface area contributed by atoms with E-state index >= 15 is 0 Å². The summed E-state index contributed by atoms with van der Waals surface area (Å²) in [6.45, 7) is 7.43. The molecule has 37 heavy (non-hydrogen) atoms. The Labute approximate surface area is 224 Å². The highest BCUT2D eigenvalue weighted by Gasteiger charge is 2.25. The minimum Gasteiger partial charge on any atom is -0.390 e. The Morgan fingerprint density at radius 1 is 1.19 bits per heavy atom. The van der Waals surface area contributed by atoms with Crippen molar-refractivity contribution in [1.29, 1.82) is 0 Å². The van der Waals surface area contributed by atoms with Gasteiger partial charge in [0.1, 0.15) is 0 Å². The average molecular weight is 525 g/mol. The highest BCUT2D eigenvalue weighted by atomic mass is 32.2. The summed E-state index contributed by atoms with van der Waals surface area (Å²) in [4.78, 5) is 13.6. The number of carbonyl (C=O) groups excluding carboxylic acids is 1. The first kappa shape index (κ1) is 27.5. The lowest BCUT2D eigenvalue weighted by molar-refractivity contribution is 0.0818. The third-order valence-corrected chi connectivity index (χ3v) is 7.81. The van der Waals surface area contributed by atoms with Crippen LogP contribution in [0.5, 0.6) is 0 Å². The Hall–Kier alpha value is -2.52. The van der Waals surface area contributed by atoms with E-state index in [4.69, 9.17) is 4.74 Å². The van der Waals surface area contributed by atoms with Crippen molar-refractivity contribution in [2.45, 2.75) is 51.8 Å². The number of aliphatic hydroxyl groups excluding tert-OH is 1. The Balaban J connectivity index is 1.54. The molecule has 2 atom stereocenters. The normalized spacial score (nSPS) is 15.0. The van der Waals surface area contributed by atoms with Gasteiger partial charge in [0.05, 0.1) is 30.0 Å². The molecule has 0 unspecified atom stereocenters. The predicted molar refractivity (Wildman–Crippen MR) is 154 cm³/mol. The Bertz CT molecular complexity index is 1170. The second-order valence-electron chi connectivity index (χ2n) is 9.56. The van der Waals surface area contributed by atoms with Crippen LogP contribution < -0.4 is 14.9 Å². The summed E-state index contributed by atoms with van der Waals surface area (Å²) in [5.41, 5.74) is 5.18. The van der Waals surface area contributed by atoms with Crippen LogP contribution in [0, 0.1) is 0 Å². The van der Waals surface area contributed by atoms with Crippen LogP contribution in [-0.4, -0.2) is 66.8 Å². The summed E-state index contributed by atoms with van der Waals surface area (Å²) >= 11 is 1.78. The predicted octanol–water partition coefficient (Wildman–Crippen LogP) is 4.02. The molecule has 0 saturated carbocycles. The largest absolute Gasteiger partial charge is 0.390 e. The van der Waals surface area contributed by atoms with Gasteiger partial charge in [-0.2, -0.15) is 0 Å². The molecule has 0 radical (unpaired) electrons. The van der Waals surface area contributed by atoms with E-state index in [1.165, 1.54) is 10.9 Å². The summed E-state index contributed by atoms with van der Waals surface area (Å²) < 4.78 is 9.93. The maximum Gasteiger partial charge on any atom is 0.251 e. The summed E-state index contributed by atoms with van der Waals surface area (Å²) in [5.74, 6) is 0.842. The number of anilines is 1. The van der Waals surface area contributed by atoms with Crippen molar-refractivity contribution in [2.75, 3.05) is 43.4 Å². The van der Waals surface area contributed by atoms with E-state index in [1.54, 1.807) is 11.9 Å². The number of aromatic nitrogens is 1. The van der Waals surface area contributed by atoms with Gasteiger partial charge in [0.15, 0.2) is 0 Å². The second kappa shape index (κ2) is 13.3.